The molecule has 0 radical (unpaired) electrons. The van der Waals surface area contributed by atoms with E-state index in [-0.39, 0.29) is 23.3 Å². The first-order valence-electron chi connectivity index (χ1n) is 9.23. The molecular formula is C19H26N2O3S. The number of benzene rings is 1. The van der Waals surface area contributed by atoms with Gasteiger partial charge in [-0.2, -0.15) is 0 Å². The molecule has 0 N–H and O–H groups in total. The second kappa shape index (κ2) is 6.09. The smallest absolute Gasteiger partial charge is 0.233 e. The minimum Gasteiger partial charge on any atom is -0.339 e. The summed E-state index contributed by atoms with van der Waals surface area (Å²) in [5.74, 6) is 0.536. The van der Waals surface area contributed by atoms with E-state index in [0.29, 0.717) is 13.1 Å². The molecule has 2 saturated heterocycles. The molecule has 2 aliphatic heterocycles. The number of hydrogen-bond donors (Lipinski definition) is 0. The number of amides is 1. The highest BCUT2D eigenvalue weighted by Crippen LogP contribution is 2.50. The SMILES string of the molecule is CS(=O)(=O)N1CC[C@H]2[C@H](CCCN2C(=O)C2(c3ccccc3)CC2)C1. The molecule has 3 aliphatic rings. The lowest BCUT2D eigenvalue weighted by molar-refractivity contribution is -0.140. The third-order valence-electron chi connectivity index (χ3n) is 6.25. The second-order valence-corrected chi connectivity index (χ2v) is 9.81. The van der Waals surface area contributed by atoms with Gasteiger partial charge in [0, 0.05) is 25.7 Å². The molecule has 0 unspecified atom stereocenters. The topological polar surface area (TPSA) is 57.7 Å². The standard InChI is InChI=1S/C19H26N2O3S/c1-25(23,24)20-13-9-17-15(14-20)6-5-12-21(17)18(22)19(10-11-19)16-7-3-2-4-8-16/h2-4,7-8,15,17H,5-6,9-14H2,1H3/t15-,17+/m1/s1. The maximum Gasteiger partial charge on any atom is 0.233 e. The summed E-state index contributed by atoms with van der Waals surface area (Å²) in [7, 11) is -3.14. The minimum atomic E-state index is -3.14. The zero-order valence-electron chi connectivity index (χ0n) is 14.7. The summed E-state index contributed by atoms with van der Waals surface area (Å²) >= 11 is 0. The molecule has 0 bridgehead atoms. The van der Waals surface area contributed by atoms with E-state index in [9.17, 15) is 13.2 Å². The maximum atomic E-state index is 13.4. The van der Waals surface area contributed by atoms with Crippen LogP contribution in [0, 0.1) is 5.92 Å². The van der Waals surface area contributed by atoms with Crippen molar-refractivity contribution in [2.24, 2.45) is 5.92 Å². The summed E-state index contributed by atoms with van der Waals surface area (Å²) in [6, 6.07) is 10.3. The molecular weight excluding hydrogens is 336 g/mol. The lowest BCUT2D eigenvalue weighted by atomic mass is 9.83. The lowest BCUT2D eigenvalue weighted by Crippen LogP contribution is -2.58. The monoisotopic (exact) mass is 362 g/mol. The zero-order chi connectivity index (χ0) is 17.7. The maximum absolute atomic E-state index is 13.4. The first-order chi connectivity index (χ1) is 11.9. The predicted molar refractivity (Wildman–Crippen MR) is 96.6 cm³/mol. The largest absolute Gasteiger partial charge is 0.339 e. The molecule has 3 fully saturated rings. The van der Waals surface area contributed by atoms with Crippen LogP contribution in [0.2, 0.25) is 0 Å². The van der Waals surface area contributed by atoms with Crippen LogP contribution in [0.15, 0.2) is 30.3 Å². The van der Waals surface area contributed by atoms with Crippen LogP contribution in [0.3, 0.4) is 0 Å². The number of nitrogens with zero attached hydrogens (tertiary/aromatic N) is 2. The number of piperidine rings is 2. The van der Waals surface area contributed by atoms with E-state index in [0.717, 1.165) is 44.2 Å². The van der Waals surface area contributed by atoms with Crippen molar-refractivity contribution < 1.29 is 13.2 Å². The van der Waals surface area contributed by atoms with Crippen LogP contribution in [0.4, 0.5) is 0 Å². The summed E-state index contributed by atoms with van der Waals surface area (Å²) in [6.45, 7) is 1.90. The number of sulfonamides is 1. The third kappa shape index (κ3) is 2.99. The Kier molecular flexibility index (Phi) is 4.15. The third-order valence-corrected chi connectivity index (χ3v) is 7.52. The fourth-order valence-electron chi connectivity index (χ4n) is 4.71. The molecule has 2 atom stereocenters. The molecule has 25 heavy (non-hydrogen) atoms. The summed E-state index contributed by atoms with van der Waals surface area (Å²) in [6.07, 6.45) is 5.88. The highest BCUT2D eigenvalue weighted by Gasteiger charge is 2.55. The van der Waals surface area contributed by atoms with Gasteiger partial charge in [-0.3, -0.25) is 4.79 Å². The first-order valence-corrected chi connectivity index (χ1v) is 11.1. The average Bonchev–Trinajstić information content (AvgIpc) is 3.42. The fourth-order valence-corrected chi connectivity index (χ4v) is 5.61. The Bertz CT molecular complexity index is 758. The molecule has 5 nitrogen and oxygen atoms in total. The van der Waals surface area contributed by atoms with Gasteiger partial charge in [0.1, 0.15) is 0 Å². The molecule has 4 rings (SSSR count). The van der Waals surface area contributed by atoms with E-state index in [2.05, 4.69) is 17.0 Å². The molecule has 1 aromatic rings. The Labute approximate surface area is 150 Å². The van der Waals surface area contributed by atoms with Gasteiger partial charge < -0.3 is 4.90 Å². The molecule has 1 saturated carbocycles. The van der Waals surface area contributed by atoms with Gasteiger partial charge in [0.2, 0.25) is 15.9 Å². The van der Waals surface area contributed by atoms with Crippen molar-refractivity contribution in [2.75, 3.05) is 25.9 Å². The number of rotatable bonds is 3. The summed E-state index contributed by atoms with van der Waals surface area (Å²) in [4.78, 5) is 15.5. The van der Waals surface area contributed by atoms with Gasteiger partial charge in [0.15, 0.2) is 0 Å². The van der Waals surface area contributed by atoms with Gasteiger partial charge >= 0.3 is 0 Å². The van der Waals surface area contributed by atoms with Crippen LogP contribution >= 0.6 is 0 Å². The van der Waals surface area contributed by atoms with E-state index in [4.69, 9.17) is 0 Å². The average molecular weight is 362 g/mol. The molecule has 2 heterocycles. The Morgan fingerprint density at radius 2 is 1.84 bits per heavy atom. The van der Waals surface area contributed by atoms with Crippen LogP contribution in [0.25, 0.3) is 0 Å². The fraction of sp³-hybridized carbons (Fsp3) is 0.632. The molecule has 0 aromatic heterocycles. The zero-order valence-corrected chi connectivity index (χ0v) is 15.5. The normalized spacial score (nSPS) is 29.1. The number of hydrogen-bond acceptors (Lipinski definition) is 3. The minimum absolute atomic E-state index is 0.195. The molecule has 1 aromatic carbocycles. The van der Waals surface area contributed by atoms with Crippen LogP contribution in [0.5, 0.6) is 0 Å². The Morgan fingerprint density at radius 3 is 2.48 bits per heavy atom. The van der Waals surface area contributed by atoms with Crippen LogP contribution in [0.1, 0.15) is 37.7 Å². The highest BCUT2D eigenvalue weighted by molar-refractivity contribution is 7.88. The number of fused-ring (bicyclic) bond motifs is 1. The van der Waals surface area contributed by atoms with Gasteiger partial charge in [-0.25, -0.2) is 12.7 Å². The predicted octanol–water partition coefficient (Wildman–Crippen LogP) is 1.99. The Balaban J connectivity index is 1.54. The van der Waals surface area contributed by atoms with E-state index < -0.39 is 10.0 Å². The molecule has 0 spiro atoms. The van der Waals surface area contributed by atoms with Crippen molar-refractivity contribution in [3.63, 3.8) is 0 Å². The van der Waals surface area contributed by atoms with E-state index in [1.165, 1.54) is 6.26 Å². The Morgan fingerprint density at radius 1 is 1.12 bits per heavy atom. The van der Waals surface area contributed by atoms with E-state index >= 15 is 0 Å². The van der Waals surface area contributed by atoms with Gasteiger partial charge in [-0.1, -0.05) is 30.3 Å². The summed E-state index contributed by atoms with van der Waals surface area (Å²) in [5, 5.41) is 0. The van der Waals surface area contributed by atoms with Gasteiger partial charge in [0.25, 0.3) is 0 Å². The van der Waals surface area contributed by atoms with Crippen LogP contribution < -0.4 is 0 Å². The molecule has 136 valence electrons. The van der Waals surface area contributed by atoms with Crippen molar-refractivity contribution in [1.82, 2.24) is 9.21 Å². The van der Waals surface area contributed by atoms with Gasteiger partial charge in [0.05, 0.1) is 11.7 Å². The molecule has 6 heteroatoms. The summed E-state index contributed by atoms with van der Waals surface area (Å²) in [5.41, 5.74) is 0.813. The van der Waals surface area contributed by atoms with Crippen molar-refractivity contribution >= 4 is 15.9 Å². The van der Waals surface area contributed by atoms with Crippen molar-refractivity contribution in [2.45, 2.75) is 43.6 Å². The molecule has 1 aliphatic carbocycles. The van der Waals surface area contributed by atoms with Crippen molar-refractivity contribution in [1.29, 1.82) is 0 Å². The van der Waals surface area contributed by atoms with Crippen molar-refractivity contribution in [3.05, 3.63) is 35.9 Å². The molecule has 1 amide bonds. The summed E-state index contributed by atoms with van der Waals surface area (Å²) < 4.78 is 25.3. The van der Waals surface area contributed by atoms with Crippen LogP contribution in [-0.2, 0) is 20.2 Å². The van der Waals surface area contributed by atoms with Gasteiger partial charge in [-0.15, -0.1) is 0 Å². The highest BCUT2D eigenvalue weighted by atomic mass is 32.2. The number of carbonyl (C=O) groups is 1. The number of likely N-dealkylation sites (tertiary alicyclic amines) is 1. The van der Waals surface area contributed by atoms with E-state index in [1.807, 2.05) is 18.2 Å². The number of carbonyl (C=O) groups excluding carboxylic acids is 1. The lowest BCUT2D eigenvalue weighted by Gasteiger charge is -2.47. The van der Waals surface area contributed by atoms with Crippen molar-refractivity contribution in [3.8, 4) is 0 Å². The van der Waals surface area contributed by atoms with Gasteiger partial charge in [-0.05, 0) is 43.6 Å². The second-order valence-electron chi connectivity index (χ2n) is 7.83. The quantitative estimate of drug-likeness (QED) is 0.826. The first kappa shape index (κ1) is 17.0. The van der Waals surface area contributed by atoms with Crippen LogP contribution in [-0.4, -0.2) is 55.5 Å². The Hall–Kier alpha value is -1.40. The van der Waals surface area contributed by atoms with E-state index in [1.54, 1.807) is 4.31 Å².